The number of fused-ring (bicyclic) bond motifs is 6. The smallest absolute Gasteiger partial charge is 0.164 e. The van der Waals surface area contributed by atoms with E-state index in [2.05, 4.69) is 78.9 Å². The Morgan fingerprint density at radius 1 is 0.356 bits per heavy atom. The van der Waals surface area contributed by atoms with Gasteiger partial charge in [0.25, 0.3) is 0 Å². The van der Waals surface area contributed by atoms with E-state index >= 15 is 0 Å². The maximum absolute atomic E-state index is 6.42. The van der Waals surface area contributed by atoms with Crippen LogP contribution >= 0.6 is 0 Å². The Balaban J connectivity index is 1.30. The molecular formula is C41H25N3O. The van der Waals surface area contributed by atoms with Gasteiger partial charge in [0.2, 0.25) is 0 Å². The summed E-state index contributed by atoms with van der Waals surface area (Å²) >= 11 is 0. The average molecular weight is 576 g/mol. The first-order valence-electron chi connectivity index (χ1n) is 15.0. The highest BCUT2D eigenvalue weighted by Gasteiger charge is 2.19. The Morgan fingerprint density at radius 3 is 1.76 bits per heavy atom. The first-order chi connectivity index (χ1) is 22.3. The first kappa shape index (κ1) is 25.4. The Bertz CT molecular complexity index is 2480. The van der Waals surface area contributed by atoms with Crippen LogP contribution < -0.4 is 0 Å². The topological polar surface area (TPSA) is 51.8 Å². The number of nitrogens with zero attached hydrogens (tertiary/aromatic N) is 3. The van der Waals surface area contributed by atoms with Crippen LogP contribution in [0.15, 0.2) is 156 Å². The van der Waals surface area contributed by atoms with Gasteiger partial charge in [-0.05, 0) is 50.9 Å². The minimum Gasteiger partial charge on any atom is -0.456 e. The largest absolute Gasteiger partial charge is 0.456 e. The molecule has 7 aromatic carbocycles. The van der Waals surface area contributed by atoms with E-state index in [-0.39, 0.29) is 0 Å². The molecular weight excluding hydrogens is 550 g/mol. The summed E-state index contributed by atoms with van der Waals surface area (Å²) in [6.07, 6.45) is 0. The maximum atomic E-state index is 6.42. The highest BCUT2D eigenvalue weighted by atomic mass is 16.3. The van der Waals surface area contributed by atoms with Crippen molar-refractivity contribution in [3.63, 3.8) is 0 Å². The molecule has 0 saturated carbocycles. The zero-order chi connectivity index (χ0) is 29.7. The molecule has 2 aromatic heterocycles. The second-order valence-electron chi connectivity index (χ2n) is 11.2. The summed E-state index contributed by atoms with van der Waals surface area (Å²) < 4.78 is 6.42. The fourth-order valence-corrected chi connectivity index (χ4v) is 6.41. The lowest BCUT2D eigenvalue weighted by molar-refractivity contribution is 0.669. The molecule has 4 heteroatoms. The van der Waals surface area contributed by atoms with E-state index in [1.165, 1.54) is 27.1 Å². The van der Waals surface area contributed by atoms with Crippen molar-refractivity contribution in [2.75, 3.05) is 0 Å². The van der Waals surface area contributed by atoms with Gasteiger partial charge < -0.3 is 4.42 Å². The van der Waals surface area contributed by atoms with Crippen LogP contribution in [-0.4, -0.2) is 15.0 Å². The van der Waals surface area contributed by atoms with Crippen LogP contribution in [0.2, 0.25) is 0 Å². The van der Waals surface area contributed by atoms with Crippen molar-refractivity contribution in [3.8, 4) is 45.3 Å². The average Bonchev–Trinajstić information content (AvgIpc) is 3.50. The molecule has 0 fully saturated rings. The van der Waals surface area contributed by atoms with E-state index in [1.807, 2.05) is 72.8 Å². The van der Waals surface area contributed by atoms with Gasteiger partial charge in [-0.1, -0.05) is 133 Å². The number of benzene rings is 7. The van der Waals surface area contributed by atoms with Gasteiger partial charge in [-0.3, -0.25) is 0 Å². The van der Waals surface area contributed by atoms with E-state index < -0.39 is 0 Å². The third kappa shape index (κ3) is 4.27. The number of rotatable bonds is 4. The van der Waals surface area contributed by atoms with Crippen LogP contribution in [0.4, 0.5) is 0 Å². The third-order valence-corrected chi connectivity index (χ3v) is 8.52. The molecule has 0 amide bonds. The van der Waals surface area contributed by atoms with Gasteiger partial charge in [-0.15, -0.1) is 0 Å². The summed E-state index contributed by atoms with van der Waals surface area (Å²) in [6, 6.07) is 52.2. The molecule has 0 aliphatic carbocycles. The van der Waals surface area contributed by atoms with E-state index in [1.54, 1.807) is 0 Å². The number of furan rings is 1. The highest BCUT2D eigenvalue weighted by molar-refractivity contribution is 6.16. The second-order valence-corrected chi connectivity index (χ2v) is 11.2. The summed E-state index contributed by atoms with van der Waals surface area (Å²) in [5, 5.41) is 6.96. The van der Waals surface area contributed by atoms with Crippen molar-refractivity contribution in [3.05, 3.63) is 152 Å². The van der Waals surface area contributed by atoms with Gasteiger partial charge in [0.05, 0.1) is 0 Å². The van der Waals surface area contributed by atoms with Crippen LogP contribution in [0.5, 0.6) is 0 Å². The quantitative estimate of drug-likeness (QED) is 0.196. The van der Waals surface area contributed by atoms with Crippen molar-refractivity contribution in [1.82, 2.24) is 15.0 Å². The van der Waals surface area contributed by atoms with Crippen LogP contribution in [0.1, 0.15) is 0 Å². The molecule has 9 rings (SSSR count). The molecule has 0 radical (unpaired) electrons. The molecule has 0 spiro atoms. The van der Waals surface area contributed by atoms with Crippen molar-refractivity contribution in [2.24, 2.45) is 0 Å². The summed E-state index contributed by atoms with van der Waals surface area (Å²) in [7, 11) is 0. The van der Waals surface area contributed by atoms with Crippen LogP contribution in [0.3, 0.4) is 0 Å². The fraction of sp³-hybridized carbons (Fsp3) is 0. The van der Waals surface area contributed by atoms with Crippen molar-refractivity contribution in [2.45, 2.75) is 0 Å². The molecule has 4 nitrogen and oxygen atoms in total. The monoisotopic (exact) mass is 575 g/mol. The standard InChI is InChI=1S/C41H25N3O/c1-3-12-28(13-4-1)39-42-40(29-14-5-2-6-15-29)44-41(43-39)33-19-10-20-36-38(33)34-25-30(23-24-35(34)45-36)32-18-9-16-27-22-21-26-11-7-8-17-31(26)37(27)32/h1-25H. The maximum Gasteiger partial charge on any atom is 0.164 e. The van der Waals surface area contributed by atoms with Crippen molar-refractivity contribution in [1.29, 1.82) is 0 Å². The van der Waals surface area contributed by atoms with Gasteiger partial charge in [-0.25, -0.2) is 15.0 Å². The Hall–Kier alpha value is -6.13. The summed E-state index contributed by atoms with van der Waals surface area (Å²) in [4.78, 5) is 14.9. The molecule has 0 aliphatic heterocycles. The lowest BCUT2D eigenvalue weighted by atomic mass is 9.93. The van der Waals surface area contributed by atoms with Crippen LogP contribution in [-0.2, 0) is 0 Å². The molecule has 0 unspecified atom stereocenters. The molecule has 0 saturated heterocycles. The number of hydrogen-bond donors (Lipinski definition) is 0. The molecule has 9 aromatic rings. The SMILES string of the molecule is c1ccc(-c2nc(-c3ccccc3)nc(-c3cccc4oc5ccc(-c6cccc7ccc8ccccc8c67)cc5c34)n2)cc1. The fourth-order valence-electron chi connectivity index (χ4n) is 6.41. The summed E-state index contributed by atoms with van der Waals surface area (Å²) in [5.41, 5.74) is 6.73. The molecule has 0 aliphatic rings. The molecule has 210 valence electrons. The van der Waals surface area contributed by atoms with Gasteiger partial charge in [0.1, 0.15) is 11.2 Å². The predicted molar refractivity (Wildman–Crippen MR) is 184 cm³/mol. The first-order valence-corrected chi connectivity index (χ1v) is 15.0. The Labute approximate surface area is 259 Å². The van der Waals surface area contributed by atoms with Gasteiger partial charge in [0, 0.05) is 27.5 Å². The number of hydrogen-bond acceptors (Lipinski definition) is 4. The number of aromatic nitrogens is 3. The third-order valence-electron chi connectivity index (χ3n) is 8.52. The Morgan fingerprint density at radius 2 is 0.978 bits per heavy atom. The van der Waals surface area contributed by atoms with Crippen molar-refractivity contribution >= 4 is 43.5 Å². The molecule has 45 heavy (non-hydrogen) atoms. The van der Waals surface area contributed by atoms with Crippen molar-refractivity contribution < 1.29 is 4.42 Å². The lowest BCUT2D eigenvalue weighted by Gasteiger charge is -2.11. The normalized spacial score (nSPS) is 11.6. The lowest BCUT2D eigenvalue weighted by Crippen LogP contribution is -2.00. The van der Waals surface area contributed by atoms with Gasteiger partial charge in [-0.2, -0.15) is 0 Å². The van der Waals surface area contributed by atoms with Gasteiger partial charge >= 0.3 is 0 Å². The van der Waals surface area contributed by atoms with E-state index in [0.29, 0.717) is 17.5 Å². The van der Waals surface area contributed by atoms with E-state index in [9.17, 15) is 0 Å². The minimum absolute atomic E-state index is 0.609. The van der Waals surface area contributed by atoms with Gasteiger partial charge in [0.15, 0.2) is 17.5 Å². The zero-order valence-corrected chi connectivity index (χ0v) is 24.2. The molecule has 0 bridgehead atoms. The molecule has 0 atom stereocenters. The molecule has 0 N–H and O–H groups in total. The second kappa shape index (κ2) is 10.2. The highest BCUT2D eigenvalue weighted by Crippen LogP contribution is 2.40. The zero-order valence-electron chi connectivity index (χ0n) is 24.2. The van der Waals surface area contributed by atoms with Crippen LogP contribution in [0.25, 0.3) is 88.8 Å². The van der Waals surface area contributed by atoms with E-state index in [4.69, 9.17) is 19.4 Å². The van der Waals surface area contributed by atoms with Crippen LogP contribution in [0, 0.1) is 0 Å². The minimum atomic E-state index is 0.609. The molecule has 2 heterocycles. The summed E-state index contributed by atoms with van der Waals surface area (Å²) in [6.45, 7) is 0. The predicted octanol–water partition coefficient (Wildman–Crippen LogP) is 10.7. The summed E-state index contributed by atoms with van der Waals surface area (Å²) in [5.74, 6) is 1.87. The Kier molecular flexibility index (Phi) is 5.78. The van der Waals surface area contributed by atoms with E-state index in [0.717, 1.165) is 44.2 Å².